The van der Waals surface area contributed by atoms with Crippen molar-refractivity contribution in [2.24, 2.45) is 0 Å². The van der Waals surface area contributed by atoms with Gasteiger partial charge in [-0.2, -0.15) is 5.10 Å². The number of aromatic nitrogens is 6. The lowest BCUT2D eigenvalue weighted by Gasteiger charge is -2.07. The Kier molecular flexibility index (Phi) is 5.73. The molecule has 0 aliphatic carbocycles. The van der Waals surface area contributed by atoms with E-state index in [2.05, 4.69) is 79.4 Å². The maximum absolute atomic E-state index is 4.98. The minimum absolute atomic E-state index is 0.692. The Hall–Kier alpha value is -4.66. The van der Waals surface area contributed by atoms with Crippen molar-refractivity contribution in [1.82, 2.24) is 35.5 Å². The molecule has 0 fully saturated rings. The van der Waals surface area contributed by atoms with E-state index in [0.29, 0.717) is 11.5 Å². The molecule has 0 atom stereocenters. The second kappa shape index (κ2) is 9.66. The fourth-order valence-corrected chi connectivity index (χ4v) is 5.42. The van der Waals surface area contributed by atoms with E-state index in [1.54, 1.807) is 11.3 Å². The molecule has 38 heavy (non-hydrogen) atoms. The van der Waals surface area contributed by atoms with Crippen LogP contribution in [0.3, 0.4) is 0 Å². The van der Waals surface area contributed by atoms with Gasteiger partial charge in [-0.15, -0.1) is 11.3 Å². The van der Waals surface area contributed by atoms with Crippen molar-refractivity contribution in [1.29, 1.82) is 0 Å². The minimum Gasteiger partial charge on any atom is -0.336 e. The highest BCUT2D eigenvalue weighted by Crippen LogP contribution is 2.33. The van der Waals surface area contributed by atoms with E-state index < -0.39 is 0 Å². The van der Waals surface area contributed by atoms with Gasteiger partial charge in [0, 0.05) is 41.5 Å². The first-order chi connectivity index (χ1) is 18.8. The first kappa shape index (κ1) is 22.5. The summed E-state index contributed by atoms with van der Waals surface area (Å²) in [6.07, 6.45) is 3.74. The molecule has 0 radical (unpaired) electrons. The third kappa shape index (κ3) is 4.26. The van der Waals surface area contributed by atoms with Crippen LogP contribution in [-0.2, 0) is 13.1 Å². The third-order valence-electron chi connectivity index (χ3n) is 6.52. The Morgan fingerprint density at radius 3 is 2.58 bits per heavy atom. The quantitative estimate of drug-likeness (QED) is 0.224. The van der Waals surface area contributed by atoms with E-state index in [-0.39, 0.29) is 0 Å². The fraction of sp³-hybridized carbons (Fsp3) is 0.0667. The molecule has 0 spiro atoms. The summed E-state index contributed by atoms with van der Waals surface area (Å²) in [6.45, 7) is 1.53. The summed E-state index contributed by atoms with van der Waals surface area (Å²) in [5, 5.41) is 13.3. The van der Waals surface area contributed by atoms with Crippen LogP contribution in [-0.4, -0.2) is 30.1 Å². The zero-order valence-corrected chi connectivity index (χ0v) is 21.2. The molecule has 3 N–H and O–H groups in total. The molecule has 5 heterocycles. The summed E-state index contributed by atoms with van der Waals surface area (Å²) < 4.78 is 0. The van der Waals surface area contributed by atoms with Crippen molar-refractivity contribution in [2.45, 2.75) is 13.1 Å². The first-order valence-corrected chi connectivity index (χ1v) is 13.3. The predicted molar refractivity (Wildman–Crippen MR) is 153 cm³/mol. The first-order valence-electron chi connectivity index (χ1n) is 12.4. The van der Waals surface area contributed by atoms with Gasteiger partial charge in [0.15, 0.2) is 11.5 Å². The number of rotatable bonds is 7. The number of thiophene rings is 1. The van der Waals surface area contributed by atoms with E-state index in [1.807, 2.05) is 42.7 Å². The van der Waals surface area contributed by atoms with Crippen LogP contribution in [0.5, 0.6) is 0 Å². The highest BCUT2D eigenvalue weighted by Gasteiger charge is 2.17. The summed E-state index contributed by atoms with van der Waals surface area (Å²) in [4.78, 5) is 19.0. The molecule has 0 aliphatic rings. The van der Waals surface area contributed by atoms with Crippen molar-refractivity contribution in [3.63, 3.8) is 0 Å². The van der Waals surface area contributed by atoms with E-state index >= 15 is 0 Å². The molecule has 7 nitrogen and oxygen atoms in total. The van der Waals surface area contributed by atoms with Crippen molar-refractivity contribution in [3.05, 3.63) is 108 Å². The van der Waals surface area contributed by atoms with Crippen LogP contribution < -0.4 is 5.32 Å². The molecule has 0 saturated heterocycles. The van der Waals surface area contributed by atoms with Gasteiger partial charge in [0.05, 0.1) is 22.2 Å². The lowest BCUT2D eigenvalue weighted by atomic mass is 10.1. The van der Waals surface area contributed by atoms with Gasteiger partial charge in [-0.05, 0) is 46.8 Å². The Labute approximate surface area is 222 Å². The number of hydrogen-bond donors (Lipinski definition) is 3. The molecular weight excluding hydrogens is 490 g/mol. The SMILES string of the molecule is c1ccc(CNCc2cncc(-c3ccc4[nH]nc(-c5nc6c(-c7cccs7)cccc6[nH]5)c4n3)c2)cc1. The molecule has 7 rings (SSSR count). The number of fused-ring (bicyclic) bond motifs is 2. The molecule has 0 saturated carbocycles. The molecule has 0 unspecified atom stereocenters. The Morgan fingerprint density at radius 1 is 0.763 bits per heavy atom. The molecule has 8 heteroatoms. The fourth-order valence-electron chi connectivity index (χ4n) is 4.67. The second-order valence-electron chi connectivity index (χ2n) is 9.10. The number of pyridine rings is 2. The van der Waals surface area contributed by atoms with Gasteiger partial charge >= 0.3 is 0 Å². The van der Waals surface area contributed by atoms with Crippen molar-refractivity contribution < 1.29 is 0 Å². The molecular formula is C30H23N7S. The lowest BCUT2D eigenvalue weighted by Crippen LogP contribution is -2.12. The monoisotopic (exact) mass is 513 g/mol. The summed E-state index contributed by atoms with van der Waals surface area (Å²) in [5.41, 5.74) is 9.49. The molecule has 2 aromatic carbocycles. The van der Waals surface area contributed by atoms with Gasteiger partial charge < -0.3 is 10.3 Å². The summed E-state index contributed by atoms with van der Waals surface area (Å²) in [7, 11) is 0. The molecule has 5 aromatic heterocycles. The zero-order chi connectivity index (χ0) is 25.3. The molecule has 0 bridgehead atoms. The predicted octanol–water partition coefficient (Wildman–Crippen LogP) is 6.58. The number of H-pyrrole nitrogens is 2. The van der Waals surface area contributed by atoms with Crippen LogP contribution in [0.4, 0.5) is 0 Å². The van der Waals surface area contributed by atoms with E-state index in [4.69, 9.17) is 9.97 Å². The van der Waals surface area contributed by atoms with Crippen LogP contribution >= 0.6 is 11.3 Å². The Bertz CT molecular complexity index is 1850. The second-order valence-corrected chi connectivity index (χ2v) is 10.0. The highest BCUT2D eigenvalue weighted by molar-refractivity contribution is 7.13. The van der Waals surface area contributed by atoms with Crippen LogP contribution in [0, 0.1) is 0 Å². The van der Waals surface area contributed by atoms with Gasteiger partial charge in [0.1, 0.15) is 5.52 Å². The number of benzene rings is 2. The minimum atomic E-state index is 0.692. The van der Waals surface area contributed by atoms with E-state index in [1.165, 1.54) is 10.4 Å². The van der Waals surface area contributed by atoms with Gasteiger partial charge in [0.25, 0.3) is 0 Å². The van der Waals surface area contributed by atoms with E-state index in [9.17, 15) is 0 Å². The van der Waals surface area contributed by atoms with Gasteiger partial charge in [-0.25, -0.2) is 9.97 Å². The number of imidazole rings is 1. The topological polar surface area (TPSA) is 95.2 Å². The third-order valence-corrected chi connectivity index (χ3v) is 7.43. The van der Waals surface area contributed by atoms with Crippen molar-refractivity contribution in [2.75, 3.05) is 0 Å². The standard InChI is InChI=1S/C30H23N7S/c1-2-6-19(7-3-1)15-31-16-20-14-21(18-32-17-20)23-11-12-25-28(33-23)29(37-36-25)30-34-24-9-4-8-22(27(24)35-30)26-10-5-13-38-26/h1-14,17-18,31H,15-16H2,(H,34,35)(H,36,37). The maximum Gasteiger partial charge on any atom is 0.161 e. The largest absolute Gasteiger partial charge is 0.336 e. The highest BCUT2D eigenvalue weighted by atomic mass is 32.1. The zero-order valence-electron chi connectivity index (χ0n) is 20.3. The number of nitrogens with zero attached hydrogens (tertiary/aromatic N) is 4. The maximum atomic E-state index is 4.98. The number of nitrogens with one attached hydrogen (secondary N) is 3. The Morgan fingerprint density at radius 2 is 1.68 bits per heavy atom. The number of hydrogen-bond acceptors (Lipinski definition) is 6. The summed E-state index contributed by atoms with van der Waals surface area (Å²) in [6, 6.07) is 26.9. The molecule has 0 amide bonds. The normalized spacial score (nSPS) is 11.5. The number of para-hydroxylation sites is 1. The number of aromatic amines is 2. The van der Waals surface area contributed by atoms with Crippen LogP contribution in [0.1, 0.15) is 11.1 Å². The van der Waals surface area contributed by atoms with Gasteiger partial charge in [-0.3, -0.25) is 10.1 Å². The summed E-state index contributed by atoms with van der Waals surface area (Å²) in [5.74, 6) is 0.692. The van der Waals surface area contributed by atoms with Crippen molar-refractivity contribution in [3.8, 4) is 33.2 Å². The van der Waals surface area contributed by atoms with Gasteiger partial charge in [-0.1, -0.05) is 48.5 Å². The molecule has 184 valence electrons. The average Bonchev–Trinajstić information content (AvgIpc) is 3.73. The van der Waals surface area contributed by atoms with Crippen LogP contribution in [0.2, 0.25) is 0 Å². The molecule has 7 aromatic rings. The van der Waals surface area contributed by atoms with Crippen LogP contribution in [0.25, 0.3) is 55.3 Å². The smallest absolute Gasteiger partial charge is 0.161 e. The van der Waals surface area contributed by atoms with E-state index in [0.717, 1.165) is 57.5 Å². The average molecular weight is 514 g/mol. The summed E-state index contributed by atoms with van der Waals surface area (Å²) >= 11 is 1.71. The van der Waals surface area contributed by atoms with Gasteiger partial charge in [0.2, 0.25) is 0 Å². The van der Waals surface area contributed by atoms with Crippen LogP contribution in [0.15, 0.2) is 96.6 Å². The Balaban J connectivity index is 1.20. The lowest BCUT2D eigenvalue weighted by molar-refractivity contribution is 0.691. The van der Waals surface area contributed by atoms with Crippen molar-refractivity contribution >= 4 is 33.4 Å². The molecule has 0 aliphatic heterocycles.